The summed E-state index contributed by atoms with van der Waals surface area (Å²) in [5.41, 5.74) is 12.0. The SMILES string of the molecule is CSc1cc(C(=O)N=C(N)N)ccc1N1CCN(C(=O)c2ccco2)CC1. The molecule has 1 aliphatic heterocycles. The number of amides is 2. The largest absolute Gasteiger partial charge is 0.459 e. The molecule has 1 fully saturated rings. The molecular formula is C18H21N5O3S. The van der Waals surface area contributed by atoms with Gasteiger partial charge in [-0.05, 0) is 36.6 Å². The van der Waals surface area contributed by atoms with Crippen molar-refractivity contribution in [3.05, 3.63) is 47.9 Å². The first-order valence-corrected chi connectivity index (χ1v) is 9.62. The van der Waals surface area contributed by atoms with Crippen molar-refractivity contribution in [1.29, 1.82) is 0 Å². The smallest absolute Gasteiger partial charge is 0.289 e. The number of nitrogens with zero attached hydrogens (tertiary/aromatic N) is 3. The number of furan rings is 1. The Hall–Kier alpha value is -2.94. The summed E-state index contributed by atoms with van der Waals surface area (Å²) >= 11 is 1.54. The monoisotopic (exact) mass is 387 g/mol. The zero-order valence-electron chi connectivity index (χ0n) is 14.9. The van der Waals surface area contributed by atoms with Crippen LogP contribution < -0.4 is 16.4 Å². The summed E-state index contributed by atoms with van der Waals surface area (Å²) in [5, 5.41) is 0. The third kappa shape index (κ3) is 4.25. The highest BCUT2D eigenvalue weighted by atomic mass is 32.2. The maximum Gasteiger partial charge on any atom is 0.289 e. The van der Waals surface area contributed by atoms with Crippen LogP contribution in [0.2, 0.25) is 0 Å². The molecule has 0 aliphatic carbocycles. The van der Waals surface area contributed by atoms with E-state index in [1.54, 1.807) is 40.9 Å². The zero-order chi connectivity index (χ0) is 19.4. The summed E-state index contributed by atoms with van der Waals surface area (Å²) in [6.07, 6.45) is 3.45. The highest BCUT2D eigenvalue weighted by Gasteiger charge is 2.25. The molecule has 4 N–H and O–H groups in total. The topological polar surface area (TPSA) is 118 Å². The van der Waals surface area contributed by atoms with Gasteiger partial charge in [-0.3, -0.25) is 9.59 Å². The maximum absolute atomic E-state index is 12.4. The van der Waals surface area contributed by atoms with Crippen LogP contribution in [0.1, 0.15) is 20.9 Å². The molecule has 1 aliphatic rings. The van der Waals surface area contributed by atoms with Crippen LogP contribution in [0.3, 0.4) is 0 Å². The van der Waals surface area contributed by atoms with Crippen LogP contribution in [0.15, 0.2) is 50.9 Å². The molecule has 0 bridgehead atoms. The van der Waals surface area contributed by atoms with Gasteiger partial charge in [0.05, 0.1) is 12.0 Å². The Bertz CT molecular complexity index is 854. The summed E-state index contributed by atoms with van der Waals surface area (Å²) in [7, 11) is 0. The minimum atomic E-state index is -0.467. The third-order valence-corrected chi connectivity index (χ3v) is 5.06. The van der Waals surface area contributed by atoms with Crippen LogP contribution in [0, 0.1) is 0 Å². The average Bonchev–Trinajstić information content (AvgIpc) is 3.21. The Labute approximate surface area is 161 Å². The van der Waals surface area contributed by atoms with Gasteiger partial charge in [0.2, 0.25) is 0 Å². The Morgan fingerprint density at radius 2 is 1.89 bits per heavy atom. The number of piperazine rings is 1. The molecule has 8 nitrogen and oxygen atoms in total. The molecule has 1 saturated heterocycles. The van der Waals surface area contributed by atoms with Crippen molar-refractivity contribution in [2.45, 2.75) is 4.90 Å². The van der Waals surface area contributed by atoms with Gasteiger partial charge >= 0.3 is 0 Å². The lowest BCUT2D eigenvalue weighted by atomic mass is 10.1. The predicted molar refractivity (Wildman–Crippen MR) is 105 cm³/mol. The van der Waals surface area contributed by atoms with Gasteiger partial charge in [0.15, 0.2) is 11.7 Å². The minimum absolute atomic E-state index is 0.0945. The van der Waals surface area contributed by atoms with E-state index in [9.17, 15) is 9.59 Å². The Balaban J connectivity index is 1.71. The van der Waals surface area contributed by atoms with Crippen molar-refractivity contribution in [3.63, 3.8) is 0 Å². The van der Waals surface area contributed by atoms with E-state index in [0.29, 0.717) is 37.5 Å². The van der Waals surface area contributed by atoms with Gasteiger partial charge < -0.3 is 25.7 Å². The summed E-state index contributed by atoms with van der Waals surface area (Å²) in [4.78, 5) is 32.9. The lowest BCUT2D eigenvalue weighted by Gasteiger charge is -2.36. The van der Waals surface area contributed by atoms with Crippen LogP contribution >= 0.6 is 11.8 Å². The minimum Gasteiger partial charge on any atom is -0.459 e. The molecule has 2 heterocycles. The van der Waals surface area contributed by atoms with Gasteiger partial charge in [0.1, 0.15) is 0 Å². The normalized spacial score (nSPS) is 14.1. The standard InChI is InChI=1S/C18H21N5O3S/c1-27-15-11-12(16(24)21-18(19)20)4-5-13(15)22-6-8-23(9-7-22)17(25)14-3-2-10-26-14/h2-5,10-11H,6-9H2,1H3,(H4,19,20,21,24). The number of nitrogens with two attached hydrogens (primary N) is 2. The first-order valence-electron chi connectivity index (χ1n) is 8.39. The van der Waals surface area contributed by atoms with Crippen molar-refractivity contribution >= 4 is 35.2 Å². The van der Waals surface area contributed by atoms with E-state index < -0.39 is 5.91 Å². The fourth-order valence-electron chi connectivity index (χ4n) is 2.96. The highest BCUT2D eigenvalue weighted by Crippen LogP contribution is 2.31. The van der Waals surface area contributed by atoms with Crippen LogP contribution in [0.4, 0.5) is 5.69 Å². The first kappa shape index (κ1) is 18.8. The Kier molecular flexibility index (Phi) is 5.70. The van der Waals surface area contributed by atoms with Crippen molar-refractivity contribution < 1.29 is 14.0 Å². The Morgan fingerprint density at radius 3 is 2.48 bits per heavy atom. The molecule has 0 saturated carbocycles. The van der Waals surface area contributed by atoms with Gasteiger partial charge in [-0.15, -0.1) is 11.8 Å². The van der Waals surface area contributed by atoms with E-state index in [-0.39, 0.29) is 11.9 Å². The fraction of sp³-hybridized carbons (Fsp3) is 0.278. The number of hydrogen-bond donors (Lipinski definition) is 2. The Morgan fingerprint density at radius 1 is 1.15 bits per heavy atom. The van der Waals surface area contributed by atoms with Gasteiger partial charge in [-0.2, -0.15) is 4.99 Å². The second kappa shape index (κ2) is 8.17. The van der Waals surface area contributed by atoms with Crippen LogP contribution in [-0.4, -0.2) is 55.1 Å². The lowest BCUT2D eigenvalue weighted by molar-refractivity contribution is 0.0714. The number of hydrogen-bond acceptors (Lipinski definition) is 5. The molecular weight excluding hydrogens is 366 g/mol. The number of anilines is 1. The fourth-order valence-corrected chi connectivity index (χ4v) is 3.61. The van der Waals surface area contributed by atoms with E-state index in [1.165, 1.54) is 6.26 Å². The van der Waals surface area contributed by atoms with E-state index >= 15 is 0 Å². The number of guanidine groups is 1. The van der Waals surface area contributed by atoms with Gasteiger partial charge in [0.25, 0.3) is 11.8 Å². The summed E-state index contributed by atoms with van der Waals surface area (Å²) < 4.78 is 5.19. The molecule has 0 atom stereocenters. The lowest BCUT2D eigenvalue weighted by Crippen LogP contribution is -2.48. The number of aliphatic imine (C=N–C) groups is 1. The van der Waals surface area contributed by atoms with Crippen molar-refractivity contribution in [3.8, 4) is 0 Å². The van der Waals surface area contributed by atoms with Crippen LogP contribution in [0.5, 0.6) is 0 Å². The molecule has 27 heavy (non-hydrogen) atoms. The van der Waals surface area contributed by atoms with Crippen molar-refractivity contribution in [2.75, 3.05) is 37.3 Å². The molecule has 1 aromatic carbocycles. The average molecular weight is 387 g/mol. The van der Waals surface area contributed by atoms with E-state index in [1.807, 2.05) is 12.3 Å². The van der Waals surface area contributed by atoms with Crippen LogP contribution in [0.25, 0.3) is 0 Å². The number of carbonyl (C=O) groups is 2. The second-order valence-electron chi connectivity index (χ2n) is 5.98. The number of thioether (sulfide) groups is 1. The van der Waals surface area contributed by atoms with Crippen molar-refractivity contribution in [2.24, 2.45) is 16.5 Å². The maximum atomic E-state index is 12.4. The molecule has 0 spiro atoms. The van der Waals surface area contributed by atoms with E-state index in [4.69, 9.17) is 15.9 Å². The predicted octanol–water partition coefficient (Wildman–Crippen LogP) is 1.38. The summed E-state index contributed by atoms with van der Waals surface area (Å²) in [6.45, 7) is 2.59. The second-order valence-corrected chi connectivity index (χ2v) is 6.83. The zero-order valence-corrected chi connectivity index (χ0v) is 15.7. The molecule has 2 aromatic rings. The molecule has 0 radical (unpaired) electrons. The first-order chi connectivity index (χ1) is 13.0. The van der Waals surface area contributed by atoms with Gasteiger partial charge in [-0.25, -0.2) is 0 Å². The quantitative estimate of drug-likeness (QED) is 0.462. The molecule has 3 rings (SSSR count). The van der Waals surface area contributed by atoms with Gasteiger partial charge in [0, 0.05) is 36.6 Å². The number of rotatable bonds is 4. The van der Waals surface area contributed by atoms with Gasteiger partial charge in [-0.1, -0.05) is 0 Å². The molecule has 0 unspecified atom stereocenters. The number of carbonyl (C=O) groups excluding carboxylic acids is 2. The highest BCUT2D eigenvalue weighted by molar-refractivity contribution is 7.98. The third-order valence-electron chi connectivity index (χ3n) is 4.30. The molecule has 2 amide bonds. The molecule has 9 heteroatoms. The summed E-state index contributed by atoms with van der Waals surface area (Å²) in [6, 6.07) is 8.77. The molecule has 142 valence electrons. The van der Waals surface area contributed by atoms with E-state index in [0.717, 1.165) is 10.6 Å². The summed E-state index contributed by atoms with van der Waals surface area (Å²) in [5.74, 6) is -0.461. The molecule has 1 aromatic heterocycles. The van der Waals surface area contributed by atoms with Crippen molar-refractivity contribution in [1.82, 2.24) is 4.90 Å². The van der Waals surface area contributed by atoms with E-state index in [2.05, 4.69) is 9.89 Å². The number of benzene rings is 1. The van der Waals surface area contributed by atoms with Crippen LogP contribution in [-0.2, 0) is 0 Å².